The minimum absolute atomic E-state index is 0.0190. The summed E-state index contributed by atoms with van der Waals surface area (Å²) in [6.45, 7) is 3.18. The highest BCUT2D eigenvalue weighted by molar-refractivity contribution is 7.89. The van der Waals surface area contributed by atoms with E-state index in [2.05, 4.69) is 6.92 Å². The summed E-state index contributed by atoms with van der Waals surface area (Å²) in [5.74, 6) is -0.521. The van der Waals surface area contributed by atoms with Gasteiger partial charge in [0.05, 0.1) is 0 Å². The number of aromatic carboxylic acids is 1. The molecule has 118 valence electrons. The highest BCUT2D eigenvalue weighted by atomic mass is 32.2. The van der Waals surface area contributed by atoms with Crippen LogP contribution in [0.15, 0.2) is 17.2 Å². The Hall–Kier alpha value is -1.34. The van der Waals surface area contributed by atoms with Gasteiger partial charge in [-0.05, 0) is 24.8 Å². The fourth-order valence-corrected chi connectivity index (χ4v) is 4.43. The summed E-state index contributed by atoms with van der Waals surface area (Å²) in [5, 5.41) is 9.02. The molecule has 1 aromatic rings. The van der Waals surface area contributed by atoms with Crippen molar-refractivity contribution in [3.05, 3.63) is 18.0 Å². The molecule has 2 rings (SSSR count). The van der Waals surface area contributed by atoms with Crippen LogP contribution in [0.5, 0.6) is 0 Å². The van der Waals surface area contributed by atoms with Crippen LogP contribution in [0, 0.1) is 5.92 Å². The summed E-state index contributed by atoms with van der Waals surface area (Å²) in [6.07, 6.45) is 5.40. The zero-order valence-electron chi connectivity index (χ0n) is 12.4. The molecule has 0 radical (unpaired) electrons. The Morgan fingerprint density at radius 3 is 2.48 bits per heavy atom. The first-order valence-electron chi connectivity index (χ1n) is 7.26. The summed E-state index contributed by atoms with van der Waals surface area (Å²) in [4.78, 5) is 11.1. The molecule has 6 nitrogen and oxygen atoms in total. The minimum Gasteiger partial charge on any atom is -0.477 e. The van der Waals surface area contributed by atoms with Crippen LogP contribution in [0.25, 0.3) is 0 Å². The Bertz CT molecular complexity index is 613. The number of nitrogens with zero attached hydrogens (tertiary/aromatic N) is 2. The van der Waals surface area contributed by atoms with Gasteiger partial charge < -0.3 is 9.67 Å². The van der Waals surface area contributed by atoms with Crippen LogP contribution in [-0.4, -0.2) is 41.5 Å². The van der Waals surface area contributed by atoms with Crippen molar-refractivity contribution in [2.45, 2.75) is 37.5 Å². The van der Waals surface area contributed by atoms with Crippen LogP contribution in [0.3, 0.4) is 0 Å². The third-order valence-electron chi connectivity index (χ3n) is 4.11. The first-order valence-corrected chi connectivity index (χ1v) is 8.70. The van der Waals surface area contributed by atoms with Gasteiger partial charge in [0.1, 0.15) is 10.6 Å². The van der Waals surface area contributed by atoms with Gasteiger partial charge in [0.2, 0.25) is 10.0 Å². The molecule has 0 amide bonds. The van der Waals surface area contributed by atoms with E-state index in [0.29, 0.717) is 19.0 Å². The Morgan fingerprint density at radius 2 is 2.00 bits per heavy atom. The molecule has 1 N–H and O–H groups in total. The van der Waals surface area contributed by atoms with E-state index < -0.39 is 16.0 Å². The molecule has 1 aromatic heterocycles. The first-order chi connectivity index (χ1) is 9.86. The topological polar surface area (TPSA) is 79.6 Å². The number of aromatic nitrogens is 1. The molecule has 1 aliphatic rings. The molecule has 2 heterocycles. The summed E-state index contributed by atoms with van der Waals surface area (Å²) in [6, 6.07) is 1.23. The minimum atomic E-state index is -3.59. The van der Waals surface area contributed by atoms with Gasteiger partial charge in [-0.2, -0.15) is 4.31 Å². The molecule has 0 bridgehead atoms. The van der Waals surface area contributed by atoms with Crippen molar-refractivity contribution >= 4 is 16.0 Å². The number of carboxylic acids is 1. The maximum Gasteiger partial charge on any atom is 0.352 e. The molecule has 1 saturated heterocycles. The molecule has 0 atom stereocenters. The van der Waals surface area contributed by atoms with Crippen molar-refractivity contribution in [2.24, 2.45) is 13.0 Å². The normalized spacial score (nSPS) is 18.0. The van der Waals surface area contributed by atoms with Crippen LogP contribution >= 0.6 is 0 Å². The second kappa shape index (κ2) is 6.19. The first kappa shape index (κ1) is 16.0. The Balaban J connectivity index is 2.16. The third-order valence-corrected chi connectivity index (χ3v) is 5.97. The van der Waals surface area contributed by atoms with E-state index in [-0.39, 0.29) is 10.6 Å². The predicted molar refractivity (Wildman–Crippen MR) is 78.8 cm³/mol. The van der Waals surface area contributed by atoms with Gasteiger partial charge >= 0.3 is 5.97 Å². The molecule has 1 fully saturated rings. The van der Waals surface area contributed by atoms with Gasteiger partial charge in [0.25, 0.3) is 0 Å². The standard InChI is InChI=1S/C14H22N2O4S/c1-3-4-11-5-7-16(8-6-11)21(19,20)12-9-13(14(17)18)15(2)10-12/h9-11H,3-8H2,1-2H3,(H,17,18). The fourth-order valence-electron chi connectivity index (χ4n) is 2.88. The van der Waals surface area contributed by atoms with E-state index >= 15 is 0 Å². The molecule has 7 heteroatoms. The monoisotopic (exact) mass is 314 g/mol. The number of sulfonamides is 1. The quantitative estimate of drug-likeness (QED) is 0.900. The number of carbonyl (C=O) groups is 1. The number of hydrogen-bond acceptors (Lipinski definition) is 3. The van der Waals surface area contributed by atoms with Gasteiger partial charge in [-0.3, -0.25) is 0 Å². The highest BCUT2D eigenvalue weighted by Crippen LogP contribution is 2.27. The lowest BCUT2D eigenvalue weighted by atomic mass is 9.94. The van der Waals surface area contributed by atoms with E-state index in [1.54, 1.807) is 0 Å². The molecule has 1 aliphatic heterocycles. The van der Waals surface area contributed by atoms with Crippen molar-refractivity contribution in [1.29, 1.82) is 0 Å². The molecule has 0 unspecified atom stereocenters. The fraction of sp³-hybridized carbons (Fsp3) is 0.643. The lowest BCUT2D eigenvalue weighted by molar-refractivity contribution is 0.0686. The predicted octanol–water partition coefficient (Wildman–Crippen LogP) is 1.92. The van der Waals surface area contributed by atoms with Crippen molar-refractivity contribution in [3.8, 4) is 0 Å². The SMILES string of the molecule is CCCC1CCN(S(=O)(=O)c2cc(C(=O)O)n(C)c2)CC1. The lowest BCUT2D eigenvalue weighted by Crippen LogP contribution is -2.38. The average molecular weight is 314 g/mol. The molecular weight excluding hydrogens is 292 g/mol. The third kappa shape index (κ3) is 3.29. The second-order valence-corrected chi connectivity index (χ2v) is 7.55. The van der Waals surface area contributed by atoms with Crippen LogP contribution in [-0.2, 0) is 17.1 Å². The van der Waals surface area contributed by atoms with E-state index in [9.17, 15) is 13.2 Å². The highest BCUT2D eigenvalue weighted by Gasteiger charge is 2.30. The maximum atomic E-state index is 12.6. The van der Waals surface area contributed by atoms with Crippen molar-refractivity contribution in [1.82, 2.24) is 8.87 Å². The molecule has 0 spiro atoms. The molecule has 21 heavy (non-hydrogen) atoms. The van der Waals surface area contributed by atoms with Gasteiger partial charge in [-0.1, -0.05) is 19.8 Å². The number of aryl methyl sites for hydroxylation is 1. The van der Waals surface area contributed by atoms with Crippen LogP contribution in [0.4, 0.5) is 0 Å². The zero-order chi connectivity index (χ0) is 15.6. The van der Waals surface area contributed by atoms with Crippen LogP contribution < -0.4 is 0 Å². The van der Waals surface area contributed by atoms with Gasteiger partial charge in [0.15, 0.2) is 0 Å². The molecular formula is C14H22N2O4S. The van der Waals surface area contributed by atoms with E-state index in [1.165, 1.54) is 28.2 Å². The van der Waals surface area contributed by atoms with Gasteiger partial charge in [-0.25, -0.2) is 13.2 Å². The Labute approximate surface area is 125 Å². The summed E-state index contributed by atoms with van der Waals surface area (Å²) in [5.41, 5.74) is -0.0190. The molecule has 0 aliphatic carbocycles. The Kier molecular flexibility index (Phi) is 4.73. The van der Waals surface area contributed by atoms with Crippen molar-refractivity contribution in [3.63, 3.8) is 0 Å². The summed E-state index contributed by atoms with van der Waals surface area (Å²) in [7, 11) is -2.05. The summed E-state index contributed by atoms with van der Waals surface area (Å²) >= 11 is 0. The number of piperidine rings is 1. The lowest BCUT2D eigenvalue weighted by Gasteiger charge is -2.30. The maximum absolute atomic E-state index is 12.6. The number of hydrogen-bond donors (Lipinski definition) is 1. The number of rotatable bonds is 5. The van der Waals surface area contributed by atoms with Gasteiger partial charge in [-0.15, -0.1) is 0 Å². The Morgan fingerprint density at radius 1 is 1.38 bits per heavy atom. The van der Waals surface area contributed by atoms with E-state index in [1.807, 2.05) is 0 Å². The number of carboxylic acid groups (broad SMARTS) is 1. The van der Waals surface area contributed by atoms with Crippen molar-refractivity contribution < 1.29 is 18.3 Å². The van der Waals surface area contributed by atoms with E-state index in [4.69, 9.17) is 5.11 Å². The van der Waals surface area contributed by atoms with Crippen LogP contribution in [0.1, 0.15) is 43.1 Å². The van der Waals surface area contributed by atoms with Crippen LogP contribution in [0.2, 0.25) is 0 Å². The average Bonchev–Trinajstić information content (AvgIpc) is 2.83. The molecule has 0 aromatic carbocycles. The summed E-state index contributed by atoms with van der Waals surface area (Å²) < 4.78 is 27.9. The smallest absolute Gasteiger partial charge is 0.352 e. The molecule has 0 saturated carbocycles. The largest absolute Gasteiger partial charge is 0.477 e. The zero-order valence-corrected chi connectivity index (χ0v) is 13.3. The van der Waals surface area contributed by atoms with Gasteiger partial charge in [0, 0.05) is 26.3 Å². The van der Waals surface area contributed by atoms with Crippen molar-refractivity contribution in [2.75, 3.05) is 13.1 Å². The van der Waals surface area contributed by atoms with E-state index in [0.717, 1.165) is 25.7 Å². The second-order valence-electron chi connectivity index (χ2n) is 5.61.